The van der Waals surface area contributed by atoms with Gasteiger partial charge in [-0.1, -0.05) is 6.07 Å². The molecule has 0 atom stereocenters. The van der Waals surface area contributed by atoms with E-state index in [0.29, 0.717) is 11.4 Å². The number of sulfonamides is 1. The van der Waals surface area contributed by atoms with Crippen LogP contribution in [0.25, 0.3) is 0 Å². The minimum Gasteiger partial charge on any atom is -0.262 e. The van der Waals surface area contributed by atoms with Gasteiger partial charge in [0.05, 0.1) is 16.4 Å². The molecule has 1 aromatic heterocycles. The average Bonchev–Trinajstić information content (AvgIpc) is 2.91. The predicted octanol–water partition coefficient (Wildman–Crippen LogP) is 0.842. The number of nitro benzene ring substituents is 1. The summed E-state index contributed by atoms with van der Waals surface area (Å²) < 4.78 is 26.0. The first-order valence-electron chi connectivity index (χ1n) is 5.88. The number of non-ortho nitro benzene ring substituents is 1. The molecule has 0 spiro atoms. The van der Waals surface area contributed by atoms with Crippen LogP contribution in [0.15, 0.2) is 29.4 Å². The summed E-state index contributed by atoms with van der Waals surface area (Å²) in [7, 11) is -2.49. The van der Waals surface area contributed by atoms with Gasteiger partial charge in [0.15, 0.2) is 0 Å². The Balaban J connectivity index is 2.38. The van der Waals surface area contributed by atoms with Gasteiger partial charge in [-0.2, -0.15) is 9.40 Å². The fraction of sp³-hybridized carbons (Fsp3) is 0.273. The predicted molar refractivity (Wildman–Crippen MR) is 72.9 cm³/mol. The zero-order chi connectivity index (χ0) is 15.6. The number of hydrogen-bond donors (Lipinski definition) is 1. The third-order valence-corrected chi connectivity index (χ3v) is 4.85. The fourth-order valence-corrected chi connectivity index (χ4v) is 3.12. The van der Waals surface area contributed by atoms with Crippen molar-refractivity contribution in [3.63, 3.8) is 0 Å². The summed E-state index contributed by atoms with van der Waals surface area (Å²) in [5.74, 6) is 0.379. The number of nitrogens with one attached hydrogen (secondary N) is 1. The largest absolute Gasteiger partial charge is 0.270 e. The molecule has 0 fully saturated rings. The standard InChI is InChI=1S/C11H13N5O4S/c1-8-3-4-9(16(17)18)5-10(8)21(19,20)15(2)6-11-12-7-13-14-11/h3-5,7H,6H2,1-2H3,(H,12,13,14). The number of hydrogen-bond acceptors (Lipinski definition) is 6. The molecule has 2 rings (SSSR count). The number of aromatic amines is 1. The molecule has 9 nitrogen and oxygen atoms in total. The minimum absolute atomic E-state index is 0.00946. The molecule has 1 N–H and O–H groups in total. The van der Waals surface area contributed by atoms with Gasteiger partial charge in [-0.15, -0.1) is 0 Å². The van der Waals surface area contributed by atoms with E-state index in [9.17, 15) is 18.5 Å². The highest BCUT2D eigenvalue weighted by atomic mass is 32.2. The summed E-state index contributed by atoms with van der Waals surface area (Å²) in [4.78, 5) is 13.9. The van der Waals surface area contributed by atoms with Gasteiger partial charge in [-0.3, -0.25) is 15.2 Å². The minimum atomic E-state index is -3.86. The van der Waals surface area contributed by atoms with Crippen molar-refractivity contribution in [1.82, 2.24) is 19.5 Å². The lowest BCUT2D eigenvalue weighted by Crippen LogP contribution is -2.27. The first kappa shape index (κ1) is 15.1. The van der Waals surface area contributed by atoms with Gasteiger partial charge in [0.2, 0.25) is 10.0 Å². The molecule has 0 aliphatic rings. The van der Waals surface area contributed by atoms with Gasteiger partial charge < -0.3 is 0 Å². The molecular formula is C11H13N5O4S. The lowest BCUT2D eigenvalue weighted by molar-refractivity contribution is -0.385. The van der Waals surface area contributed by atoms with Gasteiger partial charge in [0.25, 0.3) is 5.69 Å². The SMILES string of the molecule is Cc1ccc([N+](=O)[O-])cc1S(=O)(=O)N(C)Cc1ncn[nH]1. The van der Waals surface area contributed by atoms with Crippen LogP contribution in [0, 0.1) is 17.0 Å². The highest BCUT2D eigenvalue weighted by Crippen LogP contribution is 2.24. The van der Waals surface area contributed by atoms with Crippen LogP contribution in [0.3, 0.4) is 0 Å². The van der Waals surface area contributed by atoms with Crippen LogP contribution in [0.5, 0.6) is 0 Å². The monoisotopic (exact) mass is 311 g/mol. The normalized spacial score (nSPS) is 11.8. The van der Waals surface area contributed by atoms with E-state index in [1.807, 2.05) is 0 Å². The summed E-state index contributed by atoms with van der Waals surface area (Å²) in [6.45, 7) is 1.57. The number of aryl methyl sites for hydroxylation is 1. The molecule has 2 aromatic rings. The molecule has 10 heteroatoms. The maximum atomic E-state index is 12.5. The highest BCUT2D eigenvalue weighted by Gasteiger charge is 2.25. The van der Waals surface area contributed by atoms with Crippen LogP contribution >= 0.6 is 0 Å². The highest BCUT2D eigenvalue weighted by molar-refractivity contribution is 7.89. The Bertz CT molecular complexity index is 757. The summed E-state index contributed by atoms with van der Waals surface area (Å²) >= 11 is 0. The van der Waals surface area contributed by atoms with Crippen molar-refractivity contribution in [3.8, 4) is 0 Å². The Morgan fingerprint density at radius 2 is 2.14 bits per heavy atom. The number of nitro groups is 1. The number of aromatic nitrogens is 3. The third-order valence-electron chi connectivity index (χ3n) is 2.91. The molecule has 0 bridgehead atoms. The lowest BCUT2D eigenvalue weighted by atomic mass is 10.2. The first-order valence-corrected chi connectivity index (χ1v) is 7.32. The Morgan fingerprint density at radius 3 is 2.71 bits per heavy atom. The van der Waals surface area contributed by atoms with Crippen molar-refractivity contribution < 1.29 is 13.3 Å². The molecule has 0 radical (unpaired) electrons. The van der Waals surface area contributed by atoms with Crippen molar-refractivity contribution in [2.45, 2.75) is 18.4 Å². The number of rotatable bonds is 5. The second kappa shape index (κ2) is 5.58. The second-order valence-electron chi connectivity index (χ2n) is 4.40. The second-order valence-corrected chi connectivity index (χ2v) is 6.41. The van der Waals surface area contributed by atoms with Crippen molar-refractivity contribution >= 4 is 15.7 Å². The molecule has 1 heterocycles. The first-order chi connectivity index (χ1) is 9.82. The van der Waals surface area contributed by atoms with Crippen molar-refractivity contribution in [2.75, 3.05) is 7.05 Å². The molecule has 0 saturated heterocycles. The zero-order valence-corrected chi connectivity index (χ0v) is 12.2. The maximum Gasteiger partial charge on any atom is 0.270 e. The van der Waals surface area contributed by atoms with E-state index in [4.69, 9.17) is 0 Å². The Labute approximate surface area is 120 Å². The molecule has 0 unspecified atom stereocenters. The summed E-state index contributed by atoms with van der Waals surface area (Å²) in [5.41, 5.74) is 0.164. The van der Waals surface area contributed by atoms with E-state index in [1.165, 1.54) is 25.5 Å². The van der Waals surface area contributed by atoms with Gasteiger partial charge in [0, 0.05) is 19.2 Å². The molecule has 0 aliphatic carbocycles. The quantitative estimate of drug-likeness (QED) is 0.645. The molecule has 0 aliphatic heterocycles. The smallest absolute Gasteiger partial charge is 0.262 e. The van der Waals surface area contributed by atoms with E-state index < -0.39 is 14.9 Å². The van der Waals surface area contributed by atoms with Crippen molar-refractivity contribution in [1.29, 1.82) is 0 Å². The Kier molecular flexibility index (Phi) is 4.00. The van der Waals surface area contributed by atoms with E-state index >= 15 is 0 Å². The van der Waals surface area contributed by atoms with Gasteiger partial charge >= 0.3 is 0 Å². The number of benzene rings is 1. The van der Waals surface area contributed by atoms with Crippen LogP contribution in [-0.4, -0.2) is 39.9 Å². The zero-order valence-electron chi connectivity index (χ0n) is 11.3. The maximum absolute atomic E-state index is 12.5. The lowest BCUT2D eigenvalue weighted by Gasteiger charge is -2.17. The summed E-state index contributed by atoms with van der Waals surface area (Å²) in [6, 6.07) is 3.74. The molecule has 112 valence electrons. The summed E-state index contributed by atoms with van der Waals surface area (Å²) in [6.07, 6.45) is 1.27. The van der Waals surface area contributed by atoms with Gasteiger partial charge in [0.1, 0.15) is 12.2 Å². The van der Waals surface area contributed by atoms with Gasteiger partial charge in [-0.05, 0) is 12.5 Å². The van der Waals surface area contributed by atoms with Crippen LogP contribution in [0.2, 0.25) is 0 Å². The Hall–Kier alpha value is -2.33. The van der Waals surface area contributed by atoms with Crippen LogP contribution in [-0.2, 0) is 16.6 Å². The van der Waals surface area contributed by atoms with Crippen LogP contribution in [0.1, 0.15) is 11.4 Å². The van der Waals surface area contributed by atoms with E-state index in [-0.39, 0.29) is 17.1 Å². The number of nitrogens with zero attached hydrogens (tertiary/aromatic N) is 4. The number of H-pyrrole nitrogens is 1. The third kappa shape index (κ3) is 3.06. The molecule has 1 aromatic carbocycles. The average molecular weight is 311 g/mol. The van der Waals surface area contributed by atoms with Crippen molar-refractivity contribution in [2.24, 2.45) is 0 Å². The van der Waals surface area contributed by atoms with E-state index in [2.05, 4.69) is 15.2 Å². The molecular weight excluding hydrogens is 298 g/mol. The van der Waals surface area contributed by atoms with Gasteiger partial charge in [-0.25, -0.2) is 13.4 Å². The van der Waals surface area contributed by atoms with Crippen LogP contribution < -0.4 is 0 Å². The van der Waals surface area contributed by atoms with Crippen LogP contribution in [0.4, 0.5) is 5.69 Å². The van der Waals surface area contributed by atoms with E-state index in [0.717, 1.165) is 10.4 Å². The molecule has 21 heavy (non-hydrogen) atoms. The van der Waals surface area contributed by atoms with Crippen molar-refractivity contribution in [3.05, 3.63) is 46.0 Å². The Morgan fingerprint density at radius 1 is 1.43 bits per heavy atom. The fourth-order valence-electron chi connectivity index (χ4n) is 1.75. The summed E-state index contributed by atoms with van der Waals surface area (Å²) in [5, 5.41) is 17.0. The van der Waals surface area contributed by atoms with E-state index in [1.54, 1.807) is 6.92 Å². The topological polar surface area (TPSA) is 122 Å². The molecule has 0 saturated carbocycles. The molecule has 0 amide bonds.